The predicted molar refractivity (Wildman–Crippen MR) is 103 cm³/mol. The zero-order valence-corrected chi connectivity index (χ0v) is 15.6. The normalized spacial score (nSPS) is 18.8. The molecule has 0 bridgehead atoms. The van der Waals surface area contributed by atoms with E-state index >= 15 is 0 Å². The predicted octanol–water partition coefficient (Wildman–Crippen LogP) is 3.40. The summed E-state index contributed by atoms with van der Waals surface area (Å²) in [5, 5.41) is 2.95. The first-order chi connectivity index (χ1) is 13.6. The van der Waals surface area contributed by atoms with E-state index in [-0.39, 0.29) is 23.4 Å². The smallest absolute Gasteiger partial charge is 0.257 e. The Bertz CT molecular complexity index is 864. The van der Waals surface area contributed by atoms with Crippen molar-refractivity contribution in [3.8, 4) is 5.75 Å². The molecule has 1 aliphatic heterocycles. The van der Waals surface area contributed by atoms with Crippen molar-refractivity contribution in [3.05, 3.63) is 65.5 Å². The van der Waals surface area contributed by atoms with Gasteiger partial charge in [0, 0.05) is 18.2 Å². The van der Waals surface area contributed by atoms with Crippen LogP contribution in [0.1, 0.15) is 46.4 Å². The summed E-state index contributed by atoms with van der Waals surface area (Å²) in [4.78, 5) is 26.4. The van der Waals surface area contributed by atoms with Crippen LogP contribution in [0, 0.1) is 5.82 Å². The summed E-state index contributed by atoms with van der Waals surface area (Å²) in [5.41, 5.74) is 0.705. The van der Waals surface area contributed by atoms with Gasteiger partial charge in [-0.3, -0.25) is 9.59 Å². The SMILES string of the molecule is O=C(NC1CC1)c1ccc(OCC2CCCN2C(=O)c2ccccc2F)cc1. The van der Waals surface area contributed by atoms with Crippen molar-refractivity contribution in [1.29, 1.82) is 0 Å². The molecule has 5 nitrogen and oxygen atoms in total. The van der Waals surface area contributed by atoms with Crippen molar-refractivity contribution in [2.75, 3.05) is 13.2 Å². The molecule has 2 aromatic carbocycles. The van der Waals surface area contributed by atoms with Crippen LogP contribution in [0.3, 0.4) is 0 Å². The number of benzene rings is 2. The number of carbonyl (C=O) groups is 2. The zero-order chi connectivity index (χ0) is 19.5. The molecule has 28 heavy (non-hydrogen) atoms. The minimum Gasteiger partial charge on any atom is -0.491 e. The molecule has 0 spiro atoms. The maximum atomic E-state index is 13.9. The van der Waals surface area contributed by atoms with Gasteiger partial charge >= 0.3 is 0 Å². The van der Waals surface area contributed by atoms with Crippen LogP contribution in [-0.4, -0.2) is 41.9 Å². The molecule has 2 amide bonds. The van der Waals surface area contributed by atoms with Crippen LogP contribution in [0.4, 0.5) is 4.39 Å². The largest absolute Gasteiger partial charge is 0.491 e. The van der Waals surface area contributed by atoms with E-state index in [9.17, 15) is 14.0 Å². The first-order valence-electron chi connectivity index (χ1n) is 9.71. The lowest BCUT2D eigenvalue weighted by atomic mass is 10.1. The van der Waals surface area contributed by atoms with Gasteiger partial charge in [-0.25, -0.2) is 4.39 Å². The van der Waals surface area contributed by atoms with Gasteiger partial charge in [-0.05, 0) is 62.1 Å². The number of ether oxygens (including phenoxy) is 1. The summed E-state index contributed by atoms with van der Waals surface area (Å²) in [6.45, 7) is 0.940. The Labute approximate surface area is 163 Å². The number of nitrogens with zero attached hydrogens (tertiary/aromatic N) is 1. The minimum absolute atomic E-state index is 0.0634. The van der Waals surface area contributed by atoms with Crippen LogP contribution >= 0.6 is 0 Å². The van der Waals surface area contributed by atoms with Gasteiger partial charge < -0.3 is 15.0 Å². The summed E-state index contributed by atoms with van der Waals surface area (Å²) >= 11 is 0. The molecule has 4 rings (SSSR count). The van der Waals surface area contributed by atoms with Crippen molar-refractivity contribution in [2.24, 2.45) is 0 Å². The Hall–Kier alpha value is -2.89. The lowest BCUT2D eigenvalue weighted by Crippen LogP contribution is -2.39. The van der Waals surface area contributed by atoms with Crippen molar-refractivity contribution >= 4 is 11.8 Å². The summed E-state index contributed by atoms with van der Waals surface area (Å²) in [5.74, 6) is -0.213. The highest BCUT2D eigenvalue weighted by atomic mass is 19.1. The molecule has 1 unspecified atom stereocenters. The van der Waals surface area contributed by atoms with Gasteiger partial charge in [-0.15, -0.1) is 0 Å². The van der Waals surface area contributed by atoms with Gasteiger partial charge in [-0.1, -0.05) is 12.1 Å². The maximum Gasteiger partial charge on any atom is 0.257 e. The van der Waals surface area contributed by atoms with Crippen LogP contribution in [0.2, 0.25) is 0 Å². The molecular weight excluding hydrogens is 359 g/mol. The molecule has 2 fully saturated rings. The molecule has 1 atom stereocenters. The van der Waals surface area contributed by atoms with Gasteiger partial charge in [0.1, 0.15) is 18.2 Å². The molecule has 1 heterocycles. The van der Waals surface area contributed by atoms with Crippen molar-refractivity contribution in [3.63, 3.8) is 0 Å². The Morgan fingerprint density at radius 3 is 2.54 bits per heavy atom. The zero-order valence-electron chi connectivity index (χ0n) is 15.6. The summed E-state index contributed by atoms with van der Waals surface area (Å²) in [7, 11) is 0. The molecule has 6 heteroatoms. The highest BCUT2D eigenvalue weighted by Gasteiger charge is 2.31. The number of hydrogen-bond acceptors (Lipinski definition) is 3. The molecule has 2 aromatic rings. The molecule has 1 N–H and O–H groups in total. The van der Waals surface area contributed by atoms with Crippen LogP contribution in [0.15, 0.2) is 48.5 Å². The first-order valence-corrected chi connectivity index (χ1v) is 9.71. The van der Waals surface area contributed by atoms with Crippen molar-refractivity contribution in [2.45, 2.75) is 37.8 Å². The number of halogens is 1. The fraction of sp³-hybridized carbons (Fsp3) is 0.364. The second-order valence-electron chi connectivity index (χ2n) is 7.36. The molecule has 1 saturated heterocycles. The lowest BCUT2D eigenvalue weighted by molar-refractivity contribution is 0.0686. The van der Waals surface area contributed by atoms with Crippen molar-refractivity contribution < 1.29 is 18.7 Å². The van der Waals surface area contributed by atoms with Gasteiger partial charge in [0.25, 0.3) is 11.8 Å². The summed E-state index contributed by atoms with van der Waals surface area (Å²) in [6.07, 6.45) is 3.80. The molecule has 2 aliphatic rings. The van der Waals surface area contributed by atoms with E-state index in [2.05, 4.69) is 5.32 Å². The maximum absolute atomic E-state index is 13.9. The van der Waals surface area contributed by atoms with Crippen LogP contribution in [-0.2, 0) is 0 Å². The molecule has 146 valence electrons. The van der Waals surface area contributed by atoms with E-state index in [0.717, 1.165) is 25.7 Å². The lowest BCUT2D eigenvalue weighted by Gasteiger charge is -2.25. The number of rotatable bonds is 6. The third-order valence-corrected chi connectivity index (χ3v) is 5.21. The summed E-state index contributed by atoms with van der Waals surface area (Å²) in [6, 6.07) is 13.3. The highest BCUT2D eigenvalue weighted by Crippen LogP contribution is 2.23. The number of amides is 2. The van der Waals surface area contributed by atoms with E-state index in [4.69, 9.17) is 4.74 Å². The average molecular weight is 382 g/mol. The van der Waals surface area contributed by atoms with Gasteiger partial charge in [0.2, 0.25) is 0 Å². The Morgan fingerprint density at radius 2 is 1.82 bits per heavy atom. The van der Waals surface area contributed by atoms with Crippen LogP contribution in [0.25, 0.3) is 0 Å². The molecule has 1 saturated carbocycles. The first kappa shape index (κ1) is 18.5. The third-order valence-electron chi connectivity index (χ3n) is 5.21. The Morgan fingerprint density at radius 1 is 1.07 bits per heavy atom. The fourth-order valence-electron chi connectivity index (χ4n) is 3.46. The van der Waals surface area contributed by atoms with Crippen molar-refractivity contribution in [1.82, 2.24) is 10.2 Å². The third kappa shape index (κ3) is 4.16. The number of likely N-dealkylation sites (tertiary alicyclic amines) is 1. The number of hydrogen-bond donors (Lipinski definition) is 1. The number of nitrogens with one attached hydrogen (secondary N) is 1. The summed E-state index contributed by atoms with van der Waals surface area (Å²) < 4.78 is 19.8. The second-order valence-corrected chi connectivity index (χ2v) is 7.36. The number of carbonyl (C=O) groups excluding carboxylic acids is 2. The molecule has 1 aliphatic carbocycles. The van der Waals surface area contributed by atoms with E-state index in [0.29, 0.717) is 30.5 Å². The van der Waals surface area contributed by atoms with E-state index in [1.54, 1.807) is 41.3 Å². The minimum atomic E-state index is -0.501. The molecular formula is C22H23FN2O3. The highest BCUT2D eigenvalue weighted by molar-refractivity contribution is 5.95. The van der Waals surface area contributed by atoms with E-state index in [1.165, 1.54) is 12.1 Å². The molecule has 0 radical (unpaired) electrons. The topological polar surface area (TPSA) is 58.6 Å². The fourth-order valence-corrected chi connectivity index (χ4v) is 3.46. The van der Waals surface area contributed by atoms with E-state index < -0.39 is 5.82 Å². The Kier molecular flexibility index (Phi) is 5.28. The quantitative estimate of drug-likeness (QED) is 0.833. The monoisotopic (exact) mass is 382 g/mol. The van der Waals surface area contributed by atoms with Gasteiger partial charge in [0.05, 0.1) is 11.6 Å². The van der Waals surface area contributed by atoms with E-state index in [1.807, 2.05) is 0 Å². The van der Waals surface area contributed by atoms with Gasteiger partial charge in [-0.2, -0.15) is 0 Å². The standard InChI is InChI=1S/C22H23FN2O3/c23-20-6-2-1-5-19(20)22(27)25-13-3-4-17(25)14-28-18-11-7-15(8-12-18)21(26)24-16-9-10-16/h1-2,5-8,11-12,16-17H,3-4,9-10,13-14H2,(H,24,26). The Balaban J connectivity index is 1.35. The van der Waals surface area contributed by atoms with Crippen LogP contribution in [0.5, 0.6) is 5.75 Å². The molecule has 0 aromatic heterocycles. The second kappa shape index (κ2) is 8.00. The average Bonchev–Trinajstić information content (AvgIpc) is 3.40. The van der Waals surface area contributed by atoms with Gasteiger partial charge in [0.15, 0.2) is 0 Å². The van der Waals surface area contributed by atoms with Crippen LogP contribution < -0.4 is 10.1 Å².